The molecule has 6 heteroatoms. The van der Waals surface area contributed by atoms with E-state index < -0.39 is 0 Å². The Morgan fingerprint density at radius 3 is 2.43 bits per heavy atom. The lowest BCUT2D eigenvalue weighted by Crippen LogP contribution is -2.28. The number of hydrogen-bond acceptors (Lipinski definition) is 4. The summed E-state index contributed by atoms with van der Waals surface area (Å²) in [5, 5.41) is 2.86. The highest BCUT2D eigenvalue weighted by molar-refractivity contribution is 6.09. The molecule has 2 aromatic rings. The number of para-hydroxylation sites is 1. The van der Waals surface area contributed by atoms with Gasteiger partial charge in [-0.1, -0.05) is 12.1 Å². The summed E-state index contributed by atoms with van der Waals surface area (Å²) < 4.78 is 10.8. The number of carbonyl (C=O) groups is 2. The van der Waals surface area contributed by atoms with Crippen LogP contribution in [0.4, 0.5) is 5.69 Å². The summed E-state index contributed by atoms with van der Waals surface area (Å²) in [4.78, 5) is 27.2. The zero-order valence-electron chi connectivity index (χ0n) is 16.1. The molecule has 3 rings (SSSR count). The second kappa shape index (κ2) is 9.90. The monoisotopic (exact) mass is 382 g/mol. The van der Waals surface area contributed by atoms with E-state index in [0.29, 0.717) is 42.4 Å². The van der Waals surface area contributed by atoms with Crippen molar-refractivity contribution in [1.82, 2.24) is 4.90 Å². The fourth-order valence-corrected chi connectivity index (χ4v) is 3.13. The summed E-state index contributed by atoms with van der Waals surface area (Å²) >= 11 is 0. The normalized spacial score (nSPS) is 13.4. The summed E-state index contributed by atoms with van der Waals surface area (Å²) in [5.41, 5.74) is 1.55. The van der Waals surface area contributed by atoms with Crippen molar-refractivity contribution in [3.05, 3.63) is 59.7 Å². The van der Waals surface area contributed by atoms with Crippen molar-refractivity contribution < 1.29 is 19.1 Å². The van der Waals surface area contributed by atoms with Crippen LogP contribution in [0.1, 0.15) is 40.5 Å². The van der Waals surface area contributed by atoms with Gasteiger partial charge in [-0.15, -0.1) is 0 Å². The van der Waals surface area contributed by atoms with Gasteiger partial charge in [0.05, 0.1) is 17.9 Å². The van der Waals surface area contributed by atoms with Crippen molar-refractivity contribution in [2.24, 2.45) is 0 Å². The van der Waals surface area contributed by atoms with Crippen LogP contribution in [0.2, 0.25) is 0 Å². The summed E-state index contributed by atoms with van der Waals surface area (Å²) in [6.07, 6.45) is 2.05. The smallest absolute Gasteiger partial charge is 0.255 e. The van der Waals surface area contributed by atoms with E-state index in [1.54, 1.807) is 36.4 Å². The second-order valence-corrected chi connectivity index (χ2v) is 6.57. The Labute approximate surface area is 165 Å². The summed E-state index contributed by atoms with van der Waals surface area (Å²) in [6, 6.07) is 14.0. The number of carbonyl (C=O) groups excluding carboxylic acids is 2. The van der Waals surface area contributed by atoms with Crippen LogP contribution in [0, 0.1) is 0 Å². The molecule has 28 heavy (non-hydrogen) atoms. The minimum Gasteiger partial charge on any atom is -0.491 e. The first kappa shape index (κ1) is 19.9. The molecular weight excluding hydrogens is 356 g/mol. The number of nitrogens with one attached hydrogen (secondary N) is 1. The number of ether oxygens (including phenoxy) is 2. The predicted octanol–water partition coefficient (Wildman–Crippen LogP) is 3.59. The third kappa shape index (κ3) is 5.10. The standard InChI is InChI=1S/C22H26N2O4/c1-2-27-15-16-28-18-11-9-17(10-12-18)21(25)23-20-8-4-3-7-19(20)22(26)24-13-5-6-14-24/h3-4,7-12H,2,5-6,13-16H2,1H3,(H,23,25). The van der Waals surface area contributed by atoms with Gasteiger partial charge in [0.2, 0.25) is 0 Å². The summed E-state index contributed by atoms with van der Waals surface area (Å²) in [6.45, 7) is 5.12. The third-order valence-corrected chi connectivity index (χ3v) is 4.62. The Morgan fingerprint density at radius 1 is 1.00 bits per heavy atom. The molecule has 0 atom stereocenters. The SMILES string of the molecule is CCOCCOc1ccc(C(=O)Nc2ccccc2C(=O)N2CCCC2)cc1. The van der Waals surface area contributed by atoms with E-state index in [4.69, 9.17) is 9.47 Å². The van der Waals surface area contributed by atoms with E-state index in [1.165, 1.54) is 0 Å². The van der Waals surface area contributed by atoms with Gasteiger partial charge in [-0.2, -0.15) is 0 Å². The molecule has 1 heterocycles. The van der Waals surface area contributed by atoms with Gasteiger partial charge in [0, 0.05) is 25.3 Å². The number of benzene rings is 2. The molecule has 148 valence electrons. The molecule has 0 saturated carbocycles. The molecule has 2 amide bonds. The van der Waals surface area contributed by atoms with E-state index in [-0.39, 0.29) is 11.8 Å². The fraction of sp³-hybridized carbons (Fsp3) is 0.364. The van der Waals surface area contributed by atoms with Gasteiger partial charge < -0.3 is 19.7 Å². The number of nitrogens with zero attached hydrogens (tertiary/aromatic N) is 1. The predicted molar refractivity (Wildman–Crippen MR) is 108 cm³/mol. The Hall–Kier alpha value is -2.86. The maximum absolute atomic E-state index is 12.7. The van der Waals surface area contributed by atoms with Crippen molar-refractivity contribution in [3.63, 3.8) is 0 Å². The van der Waals surface area contributed by atoms with Crippen LogP contribution in [0.25, 0.3) is 0 Å². The van der Waals surface area contributed by atoms with Crippen LogP contribution >= 0.6 is 0 Å². The highest BCUT2D eigenvalue weighted by Gasteiger charge is 2.22. The van der Waals surface area contributed by atoms with Crippen molar-refractivity contribution in [2.45, 2.75) is 19.8 Å². The number of rotatable bonds is 8. The first-order valence-electron chi connectivity index (χ1n) is 9.69. The molecule has 0 aromatic heterocycles. The Balaban J connectivity index is 1.64. The van der Waals surface area contributed by atoms with Crippen LogP contribution < -0.4 is 10.1 Å². The minimum absolute atomic E-state index is 0.0357. The van der Waals surface area contributed by atoms with Crippen molar-refractivity contribution in [1.29, 1.82) is 0 Å². The largest absolute Gasteiger partial charge is 0.491 e. The van der Waals surface area contributed by atoms with Gasteiger partial charge in [0.15, 0.2) is 0 Å². The van der Waals surface area contributed by atoms with Crippen molar-refractivity contribution in [3.8, 4) is 5.75 Å². The zero-order chi connectivity index (χ0) is 19.8. The van der Waals surface area contributed by atoms with Crippen molar-refractivity contribution in [2.75, 3.05) is 38.2 Å². The van der Waals surface area contributed by atoms with Crippen LogP contribution in [0.5, 0.6) is 5.75 Å². The van der Waals surface area contributed by atoms with Crippen LogP contribution in [0.15, 0.2) is 48.5 Å². The van der Waals surface area contributed by atoms with Gasteiger partial charge in [0.25, 0.3) is 11.8 Å². The maximum Gasteiger partial charge on any atom is 0.255 e. The van der Waals surface area contributed by atoms with Crippen LogP contribution in [-0.4, -0.2) is 49.6 Å². The van der Waals surface area contributed by atoms with Gasteiger partial charge in [0.1, 0.15) is 12.4 Å². The van der Waals surface area contributed by atoms with E-state index in [0.717, 1.165) is 25.9 Å². The molecular formula is C22H26N2O4. The molecule has 1 N–H and O–H groups in total. The molecule has 0 aliphatic carbocycles. The number of amides is 2. The van der Waals surface area contributed by atoms with Gasteiger partial charge in [-0.3, -0.25) is 9.59 Å². The molecule has 0 radical (unpaired) electrons. The molecule has 0 spiro atoms. The highest BCUT2D eigenvalue weighted by atomic mass is 16.5. The lowest BCUT2D eigenvalue weighted by molar-refractivity contribution is 0.0794. The Bertz CT molecular complexity index is 798. The quantitative estimate of drug-likeness (QED) is 0.709. The molecule has 1 saturated heterocycles. The lowest BCUT2D eigenvalue weighted by atomic mass is 10.1. The molecule has 6 nitrogen and oxygen atoms in total. The van der Waals surface area contributed by atoms with E-state index in [1.807, 2.05) is 24.0 Å². The minimum atomic E-state index is -0.262. The van der Waals surface area contributed by atoms with Crippen molar-refractivity contribution >= 4 is 17.5 Å². The van der Waals surface area contributed by atoms with Crippen LogP contribution in [0.3, 0.4) is 0 Å². The maximum atomic E-state index is 12.7. The van der Waals surface area contributed by atoms with E-state index in [2.05, 4.69) is 5.32 Å². The first-order valence-corrected chi connectivity index (χ1v) is 9.69. The molecule has 0 unspecified atom stereocenters. The Kier molecular flexibility index (Phi) is 7.03. The first-order chi connectivity index (χ1) is 13.7. The molecule has 1 fully saturated rings. The molecule has 2 aromatic carbocycles. The summed E-state index contributed by atoms with van der Waals surface area (Å²) in [5.74, 6) is 0.384. The number of anilines is 1. The number of likely N-dealkylation sites (tertiary alicyclic amines) is 1. The fourth-order valence-electron chi connectivity index (χ4n) is 3.13. The average molecular weight is 382 g/mol. The van der Waals surface area contributed by atoms with Gasteiger partial charge >= 0.3 is 0 Å². The molecule has 0 bridgehead atoms. The Morgan fingerprint density at radius 2 is 1.71 bits per heavy atom. The average Bonchev–Trinajstić information content (AvgIpc) is 3.26. The highest BCUT2D eigenvalue weighted by Crippen LogP contribution is 2.21. The van der Waals surface area contributed by atoms with Gasteiger partial charge in [-0.05, 0) is 56.2 Å². The zero-order valence-corrected chi connectivity index (χ0v) is 16.1. The molecule has 1 aliphatic rings. The van der Waals surface area contributed by atoms with E-state index in [9.17, 15) is 9.59 Å². The third-order valence-electron chi connectivity index (χ3n) is 4.62. The van der Waals surface area contributed by atoms with Gasteiger partial charge in [-0.25, -0.2) is 0 Å². The second-order valence-electron chi connectivity index (χ2n) is 6.57. The topological polar surface area (TPSA) is 67.9 Å². The number of hydrogen-bond donors (Lipinski definition) is 1. The lowest BCUT2D eigenvalue weighted by Gasteiger charge is -2.18. The van der Waals surface area contributed by atoms with E-state index >= 15 is 0 Å². The molecule has 1 aliphatic heterocycles. The summed E-state index contributed by atoms with van der Waals surface area (Å²) in [7, 11) is 0. The van der Waals surface area contributed by atoms with Crippen LogP contribution in [-0.2, 0) is 4.74 Å².